The molecule has 1 aliphatic heterocycles. The van der Waals surface area contributed by atoms with Gasteiger partial charge in [0.2, 0.25) is 21.8 Å². The number of piperidine rings is 1. The van der Waals surface area contributed by atoms with Gasteiger partial charge in [-0.3, -0.25) is 9.10 Å². The Hall–Kier alpha value is -2.68. The lowest BCUT2D eigenvalue weighted by atomic mass is 10.1. The number of hydrogen-bond acceptors (Lipinski definition) is 5. The Morgan fingerprint density at radius 3 is 2.52 bits per heavy atom. The largest absolute Gasteiger partial charge is 0.474 e. The monoisotopic (exact) mass is 421 g/mol. The van der Waals surface area contributed by atoms with Gasteiger partial charge in [0.1, 0.15) is 11.9 Å². The molecule has 2 heterocycles. The number of benzene rings is 1. The molecule has 1 aromatic carbocycles. The van der Waals surface area contributed by atoms with Gasteiger partial charge in [-0.2, -0.15) is 0 Å². The number of hydrogen-bond donors (Lipinski definition) is 0. The number of aromatic nitrogens is 1. The van der Waals surface area contributed by atoms with Crippen molar-refractivity contribution in [2.24, 2.45) is 0 Å². The Labute approximate surface area is 170 Å². The lowest BCUT2D eigenvalue weighted by Crippen LogP contribution is -2.42. The minimum atomic E-state index is -3.34. The van der Waals surface area contributed by atoms with Crippen LogP contribution in [0.3, 0.4) is 0 Å². The quantitative estimate of drug-likeness (QED) is 0.715. The molecule has 1 aromatic heterocycles. The van der Waals surface area contributed by atoms with Crippen LogP contribution in [0.5, 0.6) is 5.88 Å². The number of rotatable bonds is 6. The Bertz CT molecular complexity index is 958. The van der Waals surface area contributed by atoms with Gasteiger partial charge in [0.25, 0.3) is 0 Å². The highest BCUT2D eigenvalue weighted by Crippen LogP contribution is 2.21. The normalized spacial score (nSPS) is 15.2. The molecule has 29 heavy (non-hydrogen) atoms. The zero-order valence-electron chi connectivity index (χ0n) is 16.4. The van der Waals surface area contributed by atoms with Gasteiger partial charge in [0.15, 0.2) is 0 Å². The number of pyridine rings is 1. The van der Waals surface area contributed by atoms with Gasteiger partial charge in [0, 0.05) is 39.0 Å². The van der Waals surface area contributed by atoms with Crippen LogP contribution < -0.4 is 9.04 Å². The van der Waals surface area contributed by atoms with Crippen molar-refractivity contribution in [3.8, 4) is 5.88 Å². The SMILES string of the molecule is CN(c1ccc(OC2CCN(C(=O)Cc3ccccc3F)CC2)nc1)S(C)(=O)=O. The van der Waals surface area contributed by atoms with Crippen LogP contribution in [0, 0.1) is 5.82 Å². The second-order valence-corrected chi connectivity index (χ2v) is 9.07. The van der Waals surface area contributed by atoms with E-state index in [1.54, 1.807) is 35.2 Å². The third kappa shape index (κ3) is 5.44. The van der Waals surface area contributed by atoms with Crippen LogP contribution >= 0.6 is 0 Å². The van der Waals surface area contributed by atoms with Crippen molar-refractivity contribution in [1.82, 2.24) is 9.88 Å². The number of carbonyl (C=O) groups excluding carboxylic acids is 1. The van der Waals surface area contributed by atoms with Crippen molar-refractivity contribution in [3.05, 3.63) is 54.0 Å². The van der Waals surface area contributed by atoms with Crippen molar-refractivity contribution in [3.63, 3.8) is 0 Å². The van der Waals surface area contributed by atoms with Crippen molar-refractivity contribution in [1.29, 1.82) is 0 Å². The van der Waals surface area contributed by atoms with Gasteiger partial charge in [-0.25, -0.2) is 17.8 Å². The van der Waals surface area contributed by atoms with Crippen LogP contribution in [0.2, 0.25) is 0 Å². The van der Waals surface area contributed by atoms with E-state index in [0.717, 1.165) is 10.6 Å². The maximum absolute atomic E-state index is 13.7. The number of amides is 1. The zero-order chi connectivity index (χ0) is 21.0. The van der Waals surface area contributed by atoms with Crippen molar-refractivity contribution in [2.75, 3.05) is 30.7 Å². The topological polar surface area (TPSA) is 79.8 Å². The average Bonchev–Trinajstić information content (AvgIpc) is 2.69. The van der Waals surface area contributed by atoms with Crippen LogP contribution in [0.25, 0.3) is 0 Å². The second kappa shape index (κ2) is 8.77. The van der Waals surface area contributed by atoms with Crippen LogP contribution in [0.1, 0.15) is 18.4 Å². The van der Waals surface area contributed by atoms with E-state index in [9.17, 15) is 17.6 Å². The molecular weight excluding hydrogens is 397 g/mol. The predicted octanol–water partition coefficient (Wildman–Crippen LogP) is 2.23. The summed E-state index contributed by atoms with van der Waals surface area (Å²) in [4.78, 5) is 18.3. The number of nitrogens with zero attached hydrogens (tertiary/aromatic N) is 3. The van der Waals surface area contributed by atoms with Crippen LogP contribution in [0.4, 0.5) is 10.1 Å². The maximum Gasteiger partial charge on any atom is 0.232 e. The standard InChI is InChI=1S/C20H24FN3O4S/c1-23(29(2,26)27)16-7-8-19(22-14-16)28-17-9-11-24(12-10-17)20(25)13-15-5-3-4-6-18(15)21/h3-8,14,17H,9-13H2,1-2H3. The molecule has 0 aliphatic carbocycles. The molecule has 0 spiro atoms. The fourth-order valence-corrected chi connectivity index (χ4v) is 3.62. The average molecular weight is 421 g/mol. The third-order valence-electron chi connectivity index (χ3n) is 4.96. The molecule has 1 amide bonds. The lowest BCUT2D eigenvalue weighted by molar-refractivity contribution is -0.132. The lowest BCUT2D eigenvalue weighted by Gasteiger charge is -2.32. The highest BCUT2D eigenvalue weighted by Gasteiger charge is 2.25. The minimum Gasteiger partial charge on any atom is -0.474 e. The zero-order valence-corrected chi connectivity index (χ0v) is 17.2. The molecule has 1 fully saturated rings. The molecule has 1 saturated heterocycles. The summed E-state index contributed by atoms with van der Waals surface area (Å²) in [5, 5.41) is 0. The molecule has 1 aliphatic rings. The highest BCUT2D eigenvalue weighted by atomic mass is 32.2. The molecule has 9 heteroatoms. The molecule has 0 N–H and O–H groups in total. The molecule has 156 valence electrons. The first-order chi connectivity index (χ1) is 13.7. The number of halogens is 1. The molecule has 0 radical (unpaired) electrons. The van der Waals surface area contributed by atoms with Gasteiger partial charge in [-0.15, -0.1) is 0 Å². The van der Waals surface area contributed by atoms with Gasteiger partial charge in [-0.05, 0) is 17.7 Å². The molecule has 7 nitrogen and oxygen atoms in total. The smallest absolute Gasteiger partial charge is 0.232 e. The van der Waals surface area contributed by atoms with E-state index in [-0.39, 0.29) is 24.2 Å². The first kappa shape index (κ1) is 21.0. The molecule has 2 aromatic rings. The molecule has 0 atom stereocenters. The molecule has 3 rings (SSSR count). The van der Waals surface area contributed by atoms with Gasteiger partial charge < -0.3 is 9.64 Å². The van der Waals surface area contributed by atoms with Crippen LogP contribution in [-0.2, 0) is 21.2 Å². The summed E-state index contributed by atoms with van der Waals surface area (Å²) in [6, 6.07) is 9.57. The van der Waals surface area contributed by atoms with E-state index >= 15 is 0 Å². The number of carbonyl (C=O) groups is 1. The summed E-state index contributed by atoms with van der Waals surface area (Å²) in [6.07, 6.45) is 3.83. The molecule has 0 unspecified atom stereocenters. The number of likely N-dealkylation sites (tertiary alicyclic amines) is 1. The Morgan fingerprint density at radius 2 is 1.93 bits per heavy atom. The van der Waals surface area contributed by atoms with E-state index in [1.165, 1.54) is 19.3 Å². The van der Waals surface area contributed by atoms with E-state index in [4.69, 9.17) is 4.74 Å². The number of anilines is 1. The Kier molecular flexibility index (Phi) is 6.36. The Balaban J connectivity index is 1.51. The number of sulfonamides is 1. The highest BCUT2D eigenvalue weighted by molar-refractivity contribution is 7.92. The summed E-state index contributed by atoms with van der Waals surface area (Å²) < 4.78 is 43.9. The predicted molar refractivity (Wildman–Crippen MR) is 108 cm³/mol. The maximum atomic E-state index is 13.7. The number of ether oxygens (including phenoxy) is 1. The summed E-state index contributed by atoms with van der Waals surface area (Å²) in [5.41, 5.74) is 0.854. The van der Waals surface area contributed by atoms with Crippen LogP contribution in [0.15, 0.2) is 42.6 Å². The van der Waals surface area contributed by atoms with Crippen LogP contribution in [-0.4, -0.2) is 56.7 Å². The fraction of sp³-hybridized carbons (Fsp3) is 0.400. The van der Waals surface area contributed by atoms with E-state index in [1.807, 2.05) is 0 Å². The van der Waals surface area contributed by atoms with E-state index < -0.39 is 10.0 Å². The van der Waals surface area contributed by atoms with Gasteiger partial charge in [-0.1, -0.05) is 18.2 Å². The molecular formula is C20H24FN3O4S. The minimum absolute atomic E-state index is 0.0507. The first-order valence-electron chi connectivity index (χ1n) is 9.32. The summed E-state index contributed by atoms with van der Waals surface area (Å²) in [7, 11) is -1.88. The first-order valence-corrected chi connectivity index (χ1v) is 11.2. The van der Waals surface area contributed by atoms with E-state index in [2.05, 4.69) is 4.98 Å². The van der Waals surface area contributed by atoms with Gasteiger partial charge in [0.05, 0.1) is 24.6 Å². The summed E-state index contributed by atoms with van der Waals surface area (Å²) in [5.74, 6) is -0.0540. The Morgan fingerprint density at radius 1 is 1.24 bits per heavy atom. The van der Waals surface area contributed by atoms with E-state index in [0.29, 0.717) is 43.1 Å². The molecule has 0 saturated carbocycles. The van der Waals surface area contributed by atoms with Crippen molar-refractivity contribution < 1.29 is 22.3 Å². The second-order valence-electron chi connectivity index (χ2n) is 7.05. The molecule has 0 bridgehead atoms. The summed E-state index contributed by atoms with van der Waals surface area (Å²) >= 11 is 0. The third-order valence-corrected chi connectivity index (χ3v) is 6.17. The fourth-order valence-electron chi connectivity index (χ4n) is 3.13. The van der Waals surface area contributed by atoms with Gasteiger partial charge >= 0.3 is 0 Å². The van der Waals surface area contributed by atoms with Crippen molar-refractivity contribution >= 4 is 21.6 Å². The summed E-state index contributed by atoms with van der Waals surface area (Å²) in [6.45, 7) is 1.07. The van der Waals surface area contributed by atoms with Crippen molar-refractivity contribution in [2.45, 2.75) is 25.4 Å².